The zero-order chi connectivity index (χ0) is 9.80. The van der Waals surface area contributed by atoms with Crippen LogP contribution in [0.2, 0.25) is 0 Å². The van der Waals surface area contributed by atoms with Gasteiger partial charge in [-0.3, -0.25) is 0 Å². The quantitative estimate of drug-likeness (QED) is 0.893. The summed E-state index contributed by atoms with van der Waals surface area (Å²) in [6.45, 7) is 3.14. The molecule has 1 aromatic rings. The molecule has 1 aromatic carbocycles. The average molecular weight is 256 g/mol. The lowest BCUT2D eigenvalue weighted by atomic mass is 10.0. The van der Waals surface area contributed by atoms with Crippen molar-refractivity contribution in [1.29, 1.82) is 0 Å². The molecule has 14 heavy (non-hydrogen) atoms. The summed E-state index contributed by atoms with van der Waals surface area (Å²) in [6, 6.07) is 7.98. The number of ether oxygens (including phenoxy) is 1. The number of rotatable bonds is 4. The molecule has 1 N–H and O–H groups in total. The molecule has 1 aliphatic rings. The van der Waals surface area contributed by atoms with Crippen LogP contribution < -0.4 is 10.1 Å². The van der Waals surface area contributed by atoms with E-state index in [1.807, 2.05) is 24.3 Å². The van der Waals surface area contributed by atoms with Crippen molar-refractivity contribution in [1.82, 2.24) is 5.32 Å². The molecule has 0 spiro atoms. The Morgan fingerprint density at radius 2 is 2.00 bits per heavy atom. The second-order valence-corrected chi connectivity index (χ2v) is 4.53. The first kappa shape index (κ1) is 9.99. The summed E-state index contributed by atoms with van der Waals surface area (Å²) < 4.78 is 6.71. The Labute approximate surface area is 92.8 Å². The van der Waals surface area contributed by atoms with Gasteiger partial charge in [0.25, 0.3) is 0 Å². The molecule has 3 heteroatoms. The van der Waals surface area contributed by atoms with Crippen LogP contribution in [0.5, 0.6) is 5.75 Å². The molecule has 0 amide bonds. The number of halogens is 1. The second-order valence-electron chi connectivity index (χ2n) is 3.62. The van der Waals surface area contributed by atoms with E-state index in [2.05, 4.69) is 21.2 Å². The fraction of sp³-hybridized carbons (Fsp3) is 0.455. The van der Waals surface area contributed by atoms with Crippen molar-refractivity contribution >= 4 is 15.9 Å². The summed E-state index contributed by atoms with van der Waals surface area (Å²) >= 11 is 3.39. The van der Waals surface area contributed by atoms with Crippen molar-refractivity contribution in [2.24, 2.45) is 5.92 Å². The van der Waals surface area contributed by atoms with Gasteiger partial charge in [0.1, 0.15) is 5.75 Å². The molecule has 1 saturated heterocycles. The minimum atomic E-state index is 0.824. The molecule has 0 unspecified atom stereocenters. The Bertz CT molecular complexity index is 282. The molecule has 1 heterocycles. The van der Waals surface area contributed by atoms with Crippen molar-refractivity contribution in [3.8, 4) is 5.75 Å². The van der Waals surface area contributed by atoms with Crippen LogP contribution in [0.25, 0.3) is 0 Å². The Morgan fingerprint density at radius 3 is 2.57 bits per heavy atom. The number of hydrogen-bond donors (Lipinski definition) is 1. The third-order valence-corrected chi connectivity index (χ3v) is 3.00. The molecule has 0 radical (unpaired) electrons. The van der Waals surface area contributed by atoms with Crippen LogP contribution >= 0.6 is 15.9 Å². The summed E-state index contributed by atoms with van der Waals surface area (Å²) in [6.07, 6.45) is 1.16. The van der Waals surface area contributed by atoms with Crippen molar-refractivity contribution < 1.29 is 4.74 Å². The SMILES string of the molecule is Brc1ccc(OCCC2CNC2)cc1. The summed E-state index contributed by atoms with van der Waals surface area (Å²) in [7, 11) is 0. The van der Waals surface area contributed by atoms with Gasteiger partial charge in [0.15, 0.2) is 0 Å². The van der Waals surface area contributed by atoms with Crippen LogP contribution in [0.4, 0.5) is 0 Å². The topological polar surface area (TPSA) is 21.3 Å². The van der Waals surface area contributed by atoms with Gasteiger partial charge in [0.2, 0.25) is 0 Å². The maximum atomic E-state index is 5.62. The molecule has 0 aliphatic carbocycles. The molecule has 0 aromatic heterocycles. The maximum Gasteiger partial charge on any atom is 0.119 e. The summed E-state index contributed by atoms with van der Waals surface area (Å²) in [4.78, 5) is 0. The van der Waals surface area contributed by atoms with Crippen LogP contribution in [-0.4, -0.2) is 19.7 Å². The van der Waals surface area contributed by atoms with E-state index >= 15 is 0 Å². The largest absolute Gasteiger partial charge is 0.494 e. The number of benzene rings is 1. The van der Waals surface area contributed by atoms with E-state index in [1.54, 1.807) is 0 Å². The van der Waals surface area contributed by atoms with Crippen LogP contribution in [0.3, 0.4) is 0 Å². The molecule has 76 valence electrons. The van der Waals surface area contributed by atoms with E-state index in [9.17, 15) is 0 Å². The van der Waals surface area contributed by atoms with E-state index in [1.165, 1.54) is 0 Å². The standard InChI is InChI=1S/C11H14BrNO/c12-10-1-3-11(4-2-10)14-6-5-9-7-13-8-9/h1-4,9,13H,5-8H2. The monoisotopic (exact) mass is 255 g/mol. The maximum absolute atomic E-state index is 5.62. The highest BCUT2D eigenvalue weighted by Crippen LogP contribution is 2.17. The lowest BCUT2D eigenvalue weighted by molar-refractivity contribution is 0.238. The Morgan fingerprint density at radius 1 is 1.29 bits per heavy atom. The van der Waals surface area contributed by atoms with Crippen molar-refractivity contribution in [2.45, 2.75) is 6.42 Å². The zero-order valence-corrected chi connectivity index (χ0v) is 9.59. The minimum Gasteiger partial charge on any atom is -0.494 e. The Kier molecular flexibility index (Phi) is 3.43. The van der Waals surface area contributed by atoms with Crippen LogP contribution in [0.15, 0.2) is 28.7 Å². The number of nitrogens with one attached hydrogen (secondary N) is 1. The Balaban J connectivity index is 1.71. The van der Waals surface area contributed by atoms with E-state index in [0.29, 0.717) is 0 Å². The Hall–Kier alpha value is -0.540. The van der Waals surface area contributed by atoms with Gasteiger partial charge < -0.3 is 10.1 Å². The zero-order valence-electron chi connectivity index (χ0n) is 8.00. The van der Waals surface area contributed by atoms with E-state index in [0.717, 1.165) is 42.3 Å². The smallest absolute Gasteiger partial charge is 0.119 e. The van der Waals surface area contributed by atoms with Gasteiger partial charge in [-0.1, -0.05) is 15.9 Å². The van der Waals surface area contributed by atoms with Gasteiger partial charge in [-0.2, -0.15) is 0 Å². The molecule has 1 aliphatic heterocycles. The predicted molar refractivity (Wildman–Crippen MR) is 60.6 cm³/mol. The van der Waals surface area contributed by atoms with Gasteiger partial charge in [0, 0.05) is 4.47 Å². The van der Waals surface area contributed by atoms with E-state index < -0.39 is 0 Å². The van der Waals surface area contributed by atoms with Crippen LogP contribution in [0.1, 0.15) is 6.42 Å². The molecule has 0 atom stereocenters. The first-order chi connectivity index (χ1) is 6.84. The summed E-state index contributed by atoms with van der Waals surface area (Å²) in [5.41, 5.74) is 0. The fourth-order valence-corrected chi connectivity index (χ4v) is 1.69. The molecular formula is C11H14BrNO. The first-order valence-corrected chi connectivity index (χ1v) is 5.73. The second kappa shape index (κ2) is 4.80. The van der Waals surface area contributed by atoms with Crippen molar-refractivity contribution in [3.63, 3.8) is 0 Å². The average Bonchev–Trinajstić information content (AvgIpc) is 2.12. The van der Waals surface area contributed by atoms with Gasteiger partial charge in [-0.05, 0) is 49.7 Å². The van der Waals surface area contributed by atoms with E-state index in [-0.39, 0.29) is 0 Å². The minimum absolute atomic E-state index is 0.824. The van der Waals surface area contributed by atoms with Crippen LogP contribution in [-0.2, 0) is 0 Å². The lowest BCUT2D eigenvalue weighted by Crippen LogP contribution is -2.42. The van der Waals surface area contributed by atoms with Gasteiger partial charge >= 0.3 is 0 Å². The highest BCUT2D eigenvalue weighted by Gasteiger charge is 2.15. The van der Waals surface area contributed by atoms with Crippen LogP contribution in [0, 0.1) is 5.92 Å². The highest BCUT2D eigenvalue weighted by molar-refractivity contribution is 9.10. The molecule has 1 fully saturated rings. The van der Waals surface area contributed by atoms with Gasteiger partial charge in [0.05, 0.1) is 6.61 Å². The first-order valence-electron chi connectivity index (χ1n) is 4.94. The highest BCUT2D eigenvalue weighted by atomic mass is 79.9. The fourth-order valence-electron chi connectivity index (χ4n) is 1.43. The molecule has 2 rings (SSSR count). The third-order valence-electron chi connectivity index (χ3n) is 2.47. The summed E-state index contributed by atoms with van der Waals surface area (Å²) in [5.74, 6) is 1.78. The third kappa shape index (κ3) is 2.72. The lowest BCUT2D eigenvalue weighted by Gasteiger charge is -2.26. The molecular weight excluding hydrogens is 242 g/mol. The molecule has 0 saturated carbocycles. The molecule has 0 bridgehead atoms. The van der Waals surface area contributed by atoms with Gasteiger partial charge in [-0.25, -0.2) is 0 Å². The summed E-state index contributed by atoms with van der Waals surface area (Å²) in [5, 5.41) is 3.26. The predicted octanol–water partition coefficient (Wildman–Crippen LogP) is 2.44. The van der Waals surface area contributed by atoms with Gasteiger partial charge in [-0.15, -0.1) is 0 Å². The van der Waals surface area contributed by atoms with E-state index in [4.69, 9.17) is 4.74 Å². The number of hydrogen-bond acceptors (Lipinski definition) is 2. The van der Waals surface area contributed by atoms with Crippen molar-refractivity contribution in [2.75, 3.05) is 19.7 Å². The normalized spacial score (nSPS) is 16.4. The molecule has 2 nitrogen and oxygen atoms in total. The van der Waals surface area contributed by atoms with Crippen molar-refractivity contribution in [3.05, 3.63) is 28.7 Å².